The van der Waals surface area contributed by atoms with Gasteiger partial charge in [0.05, 0.1) is 0 Å². The van der Waals surface area contributed by atoms with Crippen LogP contribution in [0, 0.1) is 6.92 Å². The average Bonchev–Trinajstić information content (AvgIpc) is 3.19. The number of ether oxygens (including phenoxy) is 1. The van der Waals surface area contributed by atoms with Crippen LogP contribution in [0.4, 0.5) is 11.8 Å². The fourth-order valence-electron chi connectivity index (χ4n) is 4.73. The summed E-state index contributed by atoms with van der Waals surface area (Å²) < 4.78 is 18.8. The summed E-state index contributed by atoms with van der Waals surface area (Å²) in [6.07, 6.45) is 3.97. The molecule has 2 atom stereocenters. The summed E-state index contributed by atoms with van der Waals surface area (Å²) in [5.41, 5.74) is 2.11. The van der Waals surface area contributed by atoms with E-state index in [4.69, 9.17) is 14.7 Å². The minimum absolute atomic E-state index is 0.103. The van der Waals surface area contributed by atoms with Crippen molar-refractivity contribution in [1.29, 1.82) is 0 Å². The summed E-state index contributed by atoms with van der Waals surface area (Å²) in [7, 11) is 1.83. The largest absolute Gasteiger partial charge is 0.611 e. The van der Waals surface area contributed by atoms with Gasteiger partial charge in [0, 0.05) is 58.4 Å². The summed E-state index contributed by atoms with van der Waals surface area (Å²) >= 11 is -1.08. The number of aryl methyl sites for hydroxylation is 2. The van der Waals surface area contributed by atoms with Crippen LogP contribution in [0.15, 0.2) is 29.2 Å². The van der Waals surface area contributed by atoms with Gasteiger partial charge in [-0.15, -0.1) is 0 Å². The first-order chi connectivity index (χ1) is 16.0. The maximum absolute atomic E-state index is 12.7. The monoisotopic (exact) mass is 469 g/mol. The predicted molar refractivity (Wildman–Crippen MR) is 128 cm³/mol. The highest BCUT2D eigenvalue weighted by molar-refractivity contribution is 7.91. The van der Waals surface area contributed by atoms with E-state index in [1.54, 1.807) is 4.90 Å². The van der Waals surface area contributed by atoms with Crippen molar-refractivity contribution in [2.75, 3.05) is 42.7 Å². The van der Waals surface area contributed by atoms with Gasteiger partial charge in [0.1, 0.15) is 23.3 Å². The number of rotatable bonds is 5. The molecule has 5 rings (SSSR count). The van der Waals surface area contributed by atoms with Crippen molar-refractivity contribution in [3.05, 3.63) is 35.5 Å². The van der Waals surface area contributed by atoms with Gasteiger partial charge in [-0.05, 0) is 36.7 Å². The second-order valence-electron chi connectivity index (χ2n) is 9.22. The minimum atomic E-state index is -1.08. The summed E-state index contributed by atoms with van der Waals surface area (Å²) in [6.45, 7) is 4.34. The first-order valence-electron chi connectivity index (χ1n) is 11.7. The van der Waals surface area contributed by atoms with Crippen LogP contribution in [0.1, 0.15) is 36.9 Å². The molecule has 33 heavy (non-hydrogen) atoms. The van der Waals surface area contributed by atoms with Crippen LogP contribution in [0.2, 0.25) is 0 Å². The fraction of sp³-hybridized carbons (Fsp3) is 0.542. The topological polar surface area (TPSA) is 93.7 Å². The van der Waals surface area contributed by atoms with E-state index in [0.717, 1.165) is 48.7 Å². The zero-order chi connectivity index (χ0) is 22.9. The number of carbonyl (C=O) groups excluding carboxylic acids is 1. The highest BCUT2D eigenvalue weighted by Crippen LogP contribution is 2.34. The lowest BCUT2D eigenvalue weighted by Gasteiger charge is -2.33. The van der Waals surface area contributed by atoms with Gasteiger partial charge >= 0.3 is 0 Å². The molecule has 176 valence electrons. The molecular weight excluding hydrogens is 438 g/mol. The van der Waals surface area contributed by atoms with Gasteiger partial charge in [-0.3, -0.25) is 4.79 Å². The molecule has 3 aliphatic heterocycles. The third kappa shape index (κ3) is 4.89. The Morgan fingerprint density at radius 1 is 1.12 bits per heavy atom. The number of likely N-dealkylation sites (tertiary alicyclic amines) is 1. The number of nitrogens with zero attached hydrogens (tertiary/aromatic N) is 4. The number of amides is 1. The van der Waals surface area contributed by atoms with E-state index >= 15 is 0 Å². The number of hydrogen-bond donors (Lipinski definition) is 1. The Morgan fingerprint density at radius 2 is 1.88 bits per heavy atom. The molecule has 0 spiro atoms. The molecule has 0 bridgehead atoms. The van der Waals surface area contributed by atoms with Crippen molar-refractivity contribution in [1.82, 2.24) is 14.9 Å². The van der Waals surface area contributed by atoms with Crippen molar-refractivity contribution in [2.45, 2.75) is 56.1 Å². The Labute approximate surface area is 197 Å². The van der Waals surface area contributed by atoms with Gasteiger partial charge in [0.25, 0.3) is 0 Å². The Balaban J connectivity index is 1.28. The van der Waals surface area contributed by atoms with E-state index in [2.05, 4.69) is 29.3 Å². The molecule has 1 N–H and O–H groups in total. The maximum atomic E-state index is 12.7. The zero-order valence-corrected chi connectivity index (χ0v) is 20.1. The Hall–Kier alpha value is -2.52. The van der Waals surface area contributed by atoms with Gasteiger partial charge in [0.15, 0.2) is 5.82 Å². The third-order valence-corrected chi connectivity index (χ3v) is 8.15. The van der Waals surface area contributed by atoms with Gasteiger partial charge in [-0.2, -0.15) is 4.98 Å². The number of fused-ring (bicyclic) bond motifs is 1. The van der Waals surface area contributed by atoms with Crippen molar-refractivity contribution >= 4 is 28.8 Å². The molecule has 0 saturated carbocycles. The zero-order valence-electron chi connectivity index (χ0n) is 19.2. The first-order valence-corrected chi connectivity index (χ1v) is 13.1. The molecule has 1 aromatic carbocycles. The van der Waals surface area contributed by atoms with Gasteiger partial charge in [-0.25, -0.2) is 4.98 Å². The Bertz CT molecular complexity index is 1010. The number of aromatic nitrogens is 2. The van der Waals surface area contributed by atoms with Gasteiger partial charge in [-0.1, -0.05) is 17.7 Å². The molecule has 1 unspecified atom stereocenters. The van der Waals surface area contributed by atoms with Crippen LogP contribution in [0.25, 0.3) is 0 Å². The molecule has 0 radical (unpaired) electrons. The van der Waals surface area contributed by atoms with E-state index in [0.29, 0.717) is 36.9 Å². The summed E-state index contributed by atoms with van der Waals surface area (Å²) in [6, 6.07) is 8.30. The molecule has 0 aliphatic carbocycles. The lowest BCUT2D eigenvalue weighted by molar-refractivity contribution is -0.132. The molecule has 8 nitrogen and oxygen atoms in total. The lowest BCUT2D eigenvalue weighted by atomic mass is 10.1. The smallest absolute Gasteiger partial charge is 0.227 e. The van der Waals surface area contributed by atoms with Crippen LogP contribution < -0.4 is 15.0 Å². The van der Waals surface area contributed by atoms with E-state index in [1.165, 1.54) is 5.56 Å². The molecule has 2 fully saturated rings. The number of nitrogens with one attached hydrogen (secondary N) is 1. The van der Waals surface area contributed by atoms with Crippen molar-refractivity contribution in [2.24, 2.45) is 0 Å². The molecular formula is C24H31N5O3S. The van der Waals surface area contributed by atoms with E-state index in [-0.39, 0.29) is 18.1 Å². The van der Waals surface area contributed by atoms with Crippen molar-refractivity contribution < 1.29 is 14.1 Å². The van der Waals surface area contributed by atoms with Crippen molar-refractivity contribution in [3.8, 4) is 5.75 Å². The van der Waals surface area contributed by atoms with E-state index in [1.807, 2.05) is 19.2 Å². The van der Waals surface area contributed by atoms with Crippen LogP contribution in [0.3, 0.4) is 0 Å². The number of benzene rings is 1. The molecule has 4 heterocycles. The number of likely N-dealkylation sites (N-methyl/N-ethyl adjacent to an activating group) is 1. The fourth-order valence-corrected chi connectivity index (χ4v) is 6.04. The Kier molecular flexibility index (Phi) is 6.34. The quantitative estimate of drug-likeness (QED) is 0.673. The standard InChI is InChI=1S/C24H31N5O3S/c1-16-3-6-18(7-4-16)32-19-9-12-29(13-10-19)24-26-20-11-14-33(31)22(20)23(27-24)25-17-5-8-21(30)28(2)15-17/h3-4,6-7,17,19H,5,8-15H2,1-2H3,(H,25,26,27)/t17-,33?/m0/s1. The second-order valence-corrected chi connectivity index (χ2v) is 10.7. The number of carbonyl (C=O) groups is 1. The van der Waals surface area contributed by atoms with Crippen LogP contribution in [-0.4, -0.2) is 69.9 Å². The van der Waals surface area contributed by atoms with Crippen LogP contribution >= 0.6 is 0 Å². The predicted octanol–water partition coefficient (Wildman–Crippen LogP) is 2.53. The highest BCUT2D eigenvalue weighted by Gasteiger charge is 2.35. The van der Waals surface area contributed by atoms with Crippen molar-refractivity contribution in [3.63, 3.8) is 0 Å². The second kappa shape index (κ2) is 9.38. The normalized spacial score (nSPS) is 23.5. The van der Waals surface area contributed by atoms with E-state index < -0.39 is 11.2 Å². The SMILES string of the molecule is Cc1ccc(OC2CCN(c3nc4c(c(N[C@H]5CCC(=O)N(C)C5)n3)[S+]([O-])CC4)CC2)cc1. The van der Waals surface area contributed by atoms with Gasteiger partial charge < -0.3 is 24.4 Å². The first kappa shape index (κ1) is 22.3. The number of piperidine rings is 2. The average molecular weight is 470 g/mol. The number of anilines is 2. The lowest BCUT2D eigenvalue weighted by Crippen LogP contribution is -2.43. The molecule has 2 saturated heterocycles. The number of hydrogen-bond acceptors (Lipinski definition) is 7. The molecule has 2 aromatic rings. The molecule has 1 amide bonds. The summed E-state index contributed by atoms with van der Waals surface area (Å²) in [4.78, 5) is 26.2. The third-order valence-electron chi connectivity index (χ3n) is 6.69. The van der Waals surface area contributed by atoms with E-state index in [9.17, 15) is 9.35 Å². The molecule has 9 heteroatoms. The summed E-state index contributed by atoms with van der Waals surface area (Å²) in [5, 5.41) is 3.50. The van der Waals surface area contributed by atoms with Crippen LogP contribution in [-0.2, 0) is 22.4 Å². The molecule has 3 aliphatic rings. The summed E-state index contributed by atoms with van der Waals surface area (Å²) in [5.74, 6) is 3.05. The molecule has 1 aromatic heterocycles. The highest BCUT2D eigenvalue weighted by atomic mass is 32.2. The maximum Gasteiger partial charge on any atom is 0.227 e. The van der Waals surface area contributed by atoms with Crippen LogP contribution in [0.5, 0.6) is 5.75 Å². The minimum Gasteiger partial charge on any atom is -0.611 e. The van der Waals surface area contributed by atoms with Gasteiger partial charge in [0.2, 0.25) is 16.8 Å². The Morgan fingerprint density at radius 3 is 2.61 bits per heavy atom.